The summed E-state index contributed by atoms with van der Waals surface area (Å²) in [5.74, 6) is 1.44. The molecule has 0 aromatic carbocycles. The van der Waals surface area contributed by atoms with Crippen LogP contribution in [0.25, 0.3) is 10.2 Å². The third kappa shape index (κ3) is 2.41. The normalized spacial score (nSPS) is 11.1. The minimum Gasteiger partial charge on any atom is -0.323 e. The summed E-state index contributed by atoms with van der Waals surface area (Å²) in [4.78, 5) is 10.7. The Bertz CT molecular complexity index is 733. The number of anilines is 2. The first-order valence-corrected chi connectivity index (χ1v) is 7.08. The molecular weight excluding hydrogens is 282 g/mol. The van der Waals surface area contributed by atoms with Gasteiger partial charge in [0.05, 0.1) is 5.39 Å². The quantitative estimate of drug-likeness (QED) is 0.752. The molecule has 3 rings (SSSR count). The summed E-state index contributed by atoms with van der Waals surface area (Å²) < 4.78 is 1.73. The zero-order valence-corrected chi connectivity index (χ0v) is 12.1. The van der Waals surface area contributed by atoms with Gasteiger partial charge < -0.3 is 5.32 Å². The van der Waals surface area contributed by atoms with Gasteiger partial charge in [0.25, 0.3) is 0 Å². The van der Waals surface area contributed by atoms with Gasteiger partial charge in [0.15, 0.2) is 5.82 Å². The second kappa shape index (κ2) is 4.79. The maximum absolute atomic E-state index is 5.97. The standard InChI is InChI=1S/C12H12ClN5S/c1-3-7-6-8-10(14-9-4-5-18(2)17-9)15-12(13)16-11(8)19-7/h4-6H,3H2,1-2H3,(H,14,15,16,17). The van der Waals surface area contributed by atoms with Crippen LogP contribution in [-0.4, -0.2) is 19.7 Å². The Morgan fingerprint density at radius 2 is 2.26 bits per heavy atom. The number of aromatic nitrogens is 4. The van der Waals surface area contributed by atoms with Crippen LogP contribution in [0.2, 0.25) is 5.28 Å². The number of fused-ring (bicyclic) bond motifs is 1. The van der Waals surface area contributed by atoms with Crippen LogP contribution in [0.3, 0.4) is 0 Å². The smallest absolute Gasteiger partial charge is 0.225 e. The summed E-state index contributed by atoms with van der Waals surface area (Å²) >= 11 is 7.61. The van der Waals surface area contributed by atoms with Gasteiger partial charge in [-0.2, -0.15) is 10.1 Å². The molecule has 0 aliphatic rings. The van der Waals surface area contributed by atoms with Crippen LogP contribution in [0.5, 0.6) is 0 Å². The Balaban J connectivity index is 2.08. The lowest BCUT2D eigenvalue weighted by atomic mass is 10.3. The summed E-state index contributed by atoms with van der Waals surface area (Å²) in [6.45, 7) is 2.12. The highest BCUT2D eigenvalue weighted by Gasteiger charge is 2.11. The summed E-state index contributed by atoms with van der Waals surface area (Å²) in [6.07, 6.45) is 2.84. The van der Waals surface area contributed by atoms with E-state index in [2.05, 4.69) is 33.4 Å². The number of aryl methyl sites for hydroxylation is 2. The van der Waals surface area contributed by atoms with Crippen molar-refractivity contribution in [3.05, 3.63) is 28.5 Å². The summed E-state index contributed by atoms with van der Waals surface area (Å²) in [5.41, 5.74) is 0. The van der Waals surface area contributed by atoms with Gasteiger partial charge in [-0.05, 0) is 24.1 Å². The van der Waals surface area contributed by atoms with E-state index in [-0.39, 0.29) is 5.28 Å². The molecule has 3 aromatic rings. The van der Waals surface area contributed by atoms with Gasteiger partial charge in [-0.25, -0.2) is 4.98 Å². The third-order valence-corrected chi connectivity index (χ3v) is 4.07. The molecule has 0 aliphatic carbocycles. The van der Waals surface area contributed by atoms with Crippen LogP contribution in [0.15, 0.2) is 18.3 Å². The molecule has 0 amide bonds. The molecule has 0 saturated heterocycles. The van der Waals surface area contributed by atoms with E-state index in [0.29, 0.717) is 5.82 Å². The van der Waals surface area contributed by atoms with E-state index < -0.39 is 0 Å². The average Bonchev–Trinajstić information content (AvgIpc) is 2.95. The molecule has 0 fully saturated rings. The van der Waals surface area contributed by atoms with Gasteiger partial charge in [-0.1, -0.05) is 6.92 Å². The van der Waals surface area contributed by atoms with Gasteiger partial charge in [-0.15, -0.1) is 11.3 Å². The van der Waals surface area contributed by atoms with E-state index >= 15 is 0 Å². The lowest BCUT2D eigenvalue weighted by Gasteiger charge is -2.03. The molecule has 19 heavy (non-hydrogen) atoms. The lowest BCUT2D eigenvalue weighted by molar-refractivity contribution is 0.771. The van der Waals surface area contributed by atoms with Crippen LogP contribution in [0.1, 0.15) is 11.8 Å². The number of halogens is 1. The number of nitrogens with one attached hydrogen (secondary N) is 1. The molecule has 0 saturated carbocycles. The number of hydrogen-bond acceptors (Lipinski definition) is 5. The molecular formula is C12H12ClN5S. The third-order valence-electron chi connectivity index (χ3n) is 2.73. The largest absolute Gasteiger partial charge is 0.323 e. The fourth-order valence-electron chi connectivity index (χ4n) is 1.82. The van der Waals surface area contributed by atoms with E-state index in [9.17, 15) is 0 Å². The predicted molar refractivity (Wildman–Crippen MR) is 78.3 cm³/mol. The van der Waals surface area contributed by atoms with Crippen molar-refractivity contribution in [2.24, 2.45) is 7.05 Å². The first kappa shape index (κ1) is 12.4. The van der Waals surface area contributed by atoms with Crippen molar-refractivity contribution in [2.75, 3.05) is 5.32 Å². The van der Waals surface area contributed by atoms with Gasteiger partial charge in [0.1, 0.15) is 10.6 Å². The van der Waals surface area contributed by atoms with Gasteiger partial charge in [0, 0.05) is 24.2 Å². The van der Waals surface area contributed by atoms with Crippen molar-refractivity contribution in [3.63, 3.8) is 0 Å². The summed E-state index contributed by atoms with van der Waals surface area (Å²) in [7, 11) is 1.87. The number of nitrogens with zero attached hydrogens (tertiary/aromatic N) is 4. The lowest BCUT2D eigenvalue weighted by Crippen LogP contribution is -1.97. The minimum atomic E-state index is 0.246. The van der Waals surface area contributed by atoms with Crippen LogP contribution in [-0.2, 0) is 13.5 Å². The first-order chi connectivity index (χ1) is 9.15. The molecule has 0 bridgehead atoms. The molecule has 0 unspecified atom stereocenters. The van der Waals surface area contributed by atoms with E-state index in [1.54, 1.807) is 16.0 Å². The second-order valence-electron chi connectivity index (χ2n) is 4.13. The Hall–Kier alpha value is -1.66. The predicted octanol–water partition coefficient (Wildman–Crippen LogP) is 3.38. The Morgan fingerprint density at radius 3 is 2.95 bits per heavy atom. The topological polar surface area (TPSA) is 55.6 Å². The Labute approximate surface area is 119 Å². The molecule has 3 aromatic heterocycles. The monoisotopic (exact) mass is 293 g/mol. The summed E-state index contributed by atoms with van der Waals surface area (Å²) in [5, 5.41) is 8.69. The van der Waals surface area contributed by atoms with Crippen LogP contribution >= 0.6 is 22.9 Å². The Kier molecular flexibility index (Phi) is 3.12. The zero-order valence-electron chi connectivity index (χ0n) is 10.5. The highest BCUT2D eigenvalue weighted by Crippen LogP contribution is 2.31. The molecule has 1 N–H and O–H groups in total. The van der Waals surface area contributed by atoms with E-state index in [1.807, 2.05) is 19.3 Å². The van der Waals surface area contributed by atoms with Crippen molar-refractivity contribution in [2.45, 2.75) is 13.3 Å². The van der Waals surface area contributed by atoms with E-state index in [1.165, 1.54) is 4.88 Å². The van der Waals surface area contributed by atoms with Crippen LogP contribution in [0, 0.1) is 0 Å². The molecule has 5 nitrogen and oxygen atoms in total. The van der Waals surface area contributed by atoms with E-state index in [4.69, 9.17) is 11.6 Å². The molecule has 0 aliphatic heterocycles. The second-order valence-corrected chi connectivity index (χ2v) is 5.58. The summed E-state index contributed by atoms with van der Waals surface area (Å²) in [6, 6.07) is 3.98. The van der Waals surface area contributed by atoms with Gasteiger partial charge >= 0.3 is 0 Å². The average molecular weight is 294 g/mol. The molecule has 98 valence electrons. The van der Waals surface area contributed by atoms with Crippen molar-refractivity contribution in [1.82, 2.24) is 19.7 Å². The van der Waals surface area contributed by atoms with E-state index in [0.717, 1.165) is 22.5 Å². The number of rotatable bonds is 3. The number of hydrogen-bond donors (Lipinski definition) is 1. The van der Waals surface area contributed by atoms with Gasteiger partial charge in [-0.3, -0.25) is 4.68 Å². The van der Waals surface area contributed by atoms with Crippen molar-refractivity contribution in [3.8, 4) is 0 Å². The molecule has 7 heteroatoms. The van der Waals surface area contributed by atoms with Gasteiger partial charge in [0.2, 0.25) is 5.28 Å². The molecule has 0 radical (unpaired) electrons. The SMILES string of the molecule is CCc1cc2c(Nc3ccn(C)n3)nc(Cl)nc2s1. The zero-order chi connectivity index (χ0) is 13.4. The molecule has 3 heterocycles. The van der Waals surface area contributed by atoms with Crippen molar-refractivity contribution < 1.29 is 0 Å². The maximum atomic E-state index is 5.97. The molecule has 0 atom stereocenters. The minimum absolute atomic E-state index is 0.246. The van der Waals surface area contributed by atoms with Crippen LogP contribution < -0.4 is 5.32 Å². The van der Waals surface area contributed by atoms with Crippen molar-refractivity contribution >= 4 is 44.8 Å². The fourth-order valence-corrected chi connectivity index (χ4v) is 3.00. The van der Waals surface area contributed by atoms with Crippen LogP contribution in [0.4, 0.5) is 11.6 Å². The highest BCUT2D eigenvalue weighted by molar-refractivity contribution is 7.18. The fraction of sp³-hybridized carbons (Fsp3) is 0.250. The van der Waals surface area contributed by atoms with Crippen molar-refractivity contribution in [1.29, 1.82) is 0 Å². The maximum Gasteiger partial charge on any atom is 0.225 e. The Morgan fingerprint density at radius 1 is 1.42 bits per heavy atom. The number of thiophene rings is 1. The highest BCUT2D eigenvalue weighted by atomic mass is 35.5. The molecule has 0 spiro atoms. The first-order valence-electron chi connectivity index (χ1n) is 5.88.